The van der Waals surface area contributed by atoms with Gasteiger partial charge >= 0.3 is 0 Å². The van der Waals surface area contributed by atoms with Crippen molar-refractivity contribution in [1.82, 2.24) is 15.3 Å². The van der Waals surface area contributed by atoms with Crippen LogP contribution in [0, 0.1) is 0 Å². The van der Waals surface area contributed by atoms with Crippen LogP contribution in [-0.4, -0.2) is 37.2 Å². The summed E-state index contributed by atoms with van der Waals surface area (Å²) in [6.45, 7) is 0.322. The Morgan fingerprint density at radius 2 is 1.66 bits per heavy atom. The van der Waals surface area contributed by atoms with E-state index in [-0.39, 0.29) is 11.6 Å². The van der Waals surface area contributed by atoms with Gasteiger partial charge in [-0.3, -0.25) is 4.79 Å². The third-order valence-electron chi connectivity index (χ3n) is 4.16. The molecule has 0 aliphatic heterocycles. The van der Waals surface area contributed by atoms with E-state index in [0.717, 1.165) is 11.3 Å². The maximum atomic E-state index is 12.4. The normalized spacial score (nSPS) is 10.2. The van der Waals surface area contributed by atoms with E-state index in [9.17, 15) is 4.79 Å². The highest BCUT2D eigenvalue weighted by molar-refractivity contribution is 5.92. The van der Waals surface area contributed by atoms with Crippen molar-refractivity contribution in [2.45, 2.75) is 6.54 Å². The van der Waals surface area contributed by atoms with Crippen molar-refractivity contribution in [3.8, 4) is 17.2 Å². The van der Waals surface area contributed by atoms with Gasteiger partial charge in [0.25, 0.3) is 5.91 Å². The average Bonchev–Trinajstić information content (AvgIpc) is 2.78. The number of nitrogens with one attached hydrogen (secondary N) is 2. The van der Waals surface area contributed by atoms with Crippen LogP contribution in [0.3, 0.4) is 0 Å². The van der Waals surface area contributed by atoms with Gasteiger partial charge in [0.05, 0.1) is 39.4 Å². The summed E-state index contributed by atoms with van der Waals surface area (Å²) >= 11 is 0. The molecule has 0 atom stereocenters. The molecule has 2 aromatic carbocycles. The highest BCUT2D eigenvalue weighted by Gasteiger charge is 2.10. The molecule has 3 aromatic rings. The Hall–Kier alpha value is -3.81. The lowest BCUT2D eigenvalue weighted by Crippen LogP contribution is -2.24. The van der Waals surface area contributed by atoms with Crippen LogP contribution in [-0.2, 0) is 6.54 Å². The zero-order valence-corrected chi connectivity index (χ0v) is 16.4. The monoisotopic (exact) mass is 394 g/mol. The van der Waals surface area contributed by atoms with Crippen LogP contribution in [0.2, 0.25) is 0 Å². The maximum Gasteiger partial charge on any atom is 0.271 e. The van der Waals surface area contributed by atoms with Gasteiger partial charge in [-0.1, -0.05) is 18.2 Å². The highest BCUT2D eigenvalue weighted by atomic mass is 16.5. The average molecular weight is 394 g/mol. The number of nitrogens with zero attached hydrogens (tertiary/aromatic N) is 2. The molecular weight excluding hydrogens is 372 g/mol. The third kappa shape index (κ3) is 4.92. The molecule has 1 amide bonds. The lowest BCUT2D eigenvalue weighted by Gasteiger charge is -2.11. The third-order valence-corrected chi connectivity index (χ3v) is 4.16. The Labute approximate surface area is 168 Å². The molecule has 0 saturated heterocycles. The number of hydrogen-bond donors (Lipinski definition) is 2. The van der Waals surface area contributed by atoms with Crippen molar-refractivity contribution in [2.75, 3.05) is 26.6 Å². The number of anilines is 2. The molecule has 1 heterocycles. The number of para-hydroxylation sites is 2. The van der Waals surface area contributed by atoms with Gasteiger partial charge in [0.1, 0.15) is 17.3 Å². The molecule has 1 aromatic heterocycles. The number of methoxy groups -OCH3 is 3. The minimum atomic E-state index is -0.323. The number of ether oxygens (including phenoxy) is 3. The fraction of sp³-hybridized carbons (Fsp3) is 0.190. The lowest BCUT2D eigenvalue weighted by molar-refractivity contribution is 0.0945. The van der Waals surface area contributed by atoms with Gasteiger partial charge in [-0.15, -0.1) is 0 Å². The number of hydrogen-bond acceptors (Lipinski definition) is 7. The van der Waals surface area contributed by atoms with Crippen molar-refractivity contribution in [3.05, 3.63) is 66.1 Å². The summed E-state index contributed by atoms with van der Waals surface area (Å²) in [5, 5.41) is 5.93. The molecule has 0 bridgehead atoms. The van der Waals surface area contributed by atoms with Gasteiger partial charge in [-0.25, -0.2) is 9.97 Å². The first-order valence-corrected chi connectivity index (χ1v) is 8.85. The maximum absolute atomic E-state index is 12.4. The lowest BCUT2D eigenvalue weighted by atomic mass is 10.2. The first-order valence-electron chi connectivity index (χ1n) is 8.85. The molecule has 0 aliphatic carbocycles. The molecule has 8 heteroatoms. The minimum Gasteiger partial charge on any atom is -0.495 e. The molecule has 8 nitrogen and oxygen atoms in total. The van der Waals surface area contributed by atoms with Crippen molar-refractivity contribution in [1.29, 1.82) is 0 Å². The number of carbonyl (C=O) groups is 1. The second-order valence-corrected chi connectivity index (χ2v) is 5.98. The fourth-order valence-corrected chi connectivity index (χ4v) is 2.66. The SMILES string of the molecule is COc1ccccc1Nc1cnc(C(=O)NCc2ccc(OC)c(OC)c2)cn1. The fourth-order valence-electron chi connectivity index (χ4n) is 2.66. The Kier molecular flexibility index (Phi) is 6.47. The molecule has 2 N–H and O–H groups in total. The van der Waals surface area contributed by atoms with Crippen molar-refractivity contribution < 1.29 is 19.0 Å². The van der Waals surface area contributed by atoms with Crippen LogP contribution < -0.4 is 24.8 Å². The second kappa shape index (κ2) is 9.41. The quantitative estimate of drug-likeness (QED) is 0.606. The van der Waals surface area contributed by atoms with Gasteiger partial charge < -0.3 is 24.8 Å². The minimum absolute atomic E-state index is 0.219. The molecule has 150 valence electrons. The first-order chi connectivity index (χ1) is 14.1. The van der Waals surface area contributed by atoms with Crippen LogP contribution in [0.1, 0.15) is 16.1 Å². The highest BCUT2D eigenvalue weighted by Crippen LogP contribution is 2.27. The number of rotatable bonds is 8. The molecule has 0 unspecified atom stereocenters. The van der Waals surface area contributed by atoms with E-state index in [2.05, 4.69) is 20.6 Å². The molecule has 0 spiro atoms. The summed E-state index contributed by atoms with van der Waals surface area (Å²) in [4.78, 5) is 20.8. The van der Waals surface area contributed by atoms with Crippen molar-refractivity contribution in [3.63, 3.8) is 0 Å². The molecule has 0 aliphatic rings. The summed E-state index contributed by atoms with van der Waals surface area (Å²) in [5.41, 5.74) is 1.85. The summed E-state index contributed by atoms with van der Waals surface area (Å²) in [7, 11) is 4.73. The zero-order chi connectivity index (χ0) is 20.6. The van der Waals surface area contributed by atoms with E-state index in [1.807, 2.05) is 36.4 Å². The predicted octanol–water partition coefficient (Wildman–Crippen LogP) is 3.18. The molecule has 29 heavy (non-hydrogen) atoms. The van der Waals surface area contributed by atoms with Gasteiger partial charge in [-0.2, -0.15) is 0 Å². The van der Waals surface area contributed by atoms with Crippen molar-refractivity contribution >= 4 is 17.4 Å². The van der Waals surface area contributed by atoms with Crippen LogP contribution >= 0.6 is 0 Å². The van der Waals surface area contributed by atoms with E-state index in [1.165, 1.54) is 12.4 Å². The van der Waals surface area contributed by atoms with Crippen LogP contribution in [0.4, 0.5) is 11.5 Å². The Morgan fingerprint density at radius 1 is 0.897 bits per heavy atom. The van der Waals surface area contributed by atoms with Crippen molar-refractivity contribution in [2.24, 2.45) is 0 Å². The molecule has 0 radical (unpaired) electrons. The van der Waals surface area contributed by atoms with E-state index >= 15 is 0 Å². The largest absolute Gasteiger partial charge is 0.495 e. The van der Waals surface area contributed by atoms with E-state index < -0.39 is 0 Å². The molecule has 0 fully saturated rings. The molecular formula is C21H22N4O4. The van der Waals surface area contributed by atoms with Gasteiger partial charge in [0.15, 0.2) is 11.5 Å². The van der Waals surface area contributed by atoms with Gasteiger partial charge in [0.2, 0.25) is 0 Å². The number of carbonyl (C=O) groups excluding carboxylic acids is 1. The predicted molar refractivity (Wildman–Crippen MR) is 109 cm³/mol. The van der Waals surface area contributed by atoms with E-state index in [4.69, 9.17) is 14.2 Å². The zero-order valence-electron chi connectivity index (χ0n) is 16.4. The second-order valence-electron chi connectivity index (χ2n) is 5.98. The Balaban J connectivity index is 1.62. The van der Waals surface area contributed by atoms with Crippen LogP contribution in [0.5, 0.6) is 17.2 Å². The summed E-state index contributed by atoms with van der Waals surface area (Å²) in [6.07, 6.45) is 2.92. The smallest absolute Gasteiger partial charge is 0.271 e. The number of amides is 1. The Bertz CT molecular complexity index is 977. The van der Waals surface area contributed by atoms with Crippen LogP contribution in [0.15, 0.2) is 54.9 Å². The topological polar surface area (TPSA) is 94.6 Å². The number of benzene rings is 2. The molecule has 3 rings (SSSR count). The summed E-state index contributed by atoms with van der Waals surface area (Å²) < 4.78 is 15.8. The van der Waals surface area contributed by atoms with E-state index in [1.54, 1.807) is 27.4 Å². The van der Waals surface area contributed by atoms with Gasteiger partial charge in [0, 0.05) is 6.54 Å². The summed E-state index contributed by atoms with van der Waals surface area (Å²) in [5.74, 6) is 2.10. The number of aromatic nitrogens is 2. The first kappa shape index (κ1) is 19.9. The Morgan fingerprint density at radius 3 is 2.34 bits per heavy atom. The van der Waals surface area contributed by atoms with E-state index in [0.29, 0.717) is 29.6 Å². The summed E-state index contributed by atoms with van der Waals surface area (Å²) in [6, 6.07) is 12.9. The van der Waals surface area contributed by atoms with Gasteiger partial charge in [-0.05, 0) is 29.8 Å². The standard InChI is InChI=1S/C21H22N4O4/c1-27-17-7-5-4-6-15(17)25-20-13-22-16(12-23-20)21(26)24-11-14-8-9-18(28-2)19(10-14)29-3/h4-10,12-13H,11H2,1-3H3,(H,23,25)(H,24,26). The molecule has 0 saturated carbocycles. The van der Waals surface area contributed by atoms with Crippen LogP contribution in [0.25, 0.3) is 0 Å².